The highest BCUT2D eigenvalue weighted by atomic mass is 32.2. The van der Waals surface area contributed by atoms with Gasteiger partial charge >= 0.3 is 0 Å². The average Bonchev–Trinajstić information content (AvgIpc) is 2.91. The lowest BCUT2D eigenvalue weighted by atomic mass is 10.2. The summed E-state index contributed by atoms with van der Waals surface area (Å²) in [7, 11) is 0. The van der Waals surface area contributed by atoms with E-state index in [-0.39, 0.29) is 11.2 Å². The molecule has 1 atom stereocenters. The molecule has 0 aliphatic heterocycles. The van der Waals surface area contributed by atoms with Crippen LogP contribution in [-0.2, 0) is 4.79 Å². The Kier molecular flexibility index (Phi) is 4.15. The van der Waals surface area contributed by atoms with Crippen molar-refractivity contribution in [2.24, 2.45) is 0 Å². The Hall–Kier alpha value is -2.33. The average molecular weight is 273 g/mol. The Labute approximate surface area is 114 Å². The molecule has 0 radical (unpaired) electrons. The van der Waals surface area contributed by atoms with Gasteiger partial charge in [0.25, 0.3) is 0 Å². The summed E-state index contributed by atoms with van der Waals surface area (Å²) in [6.45, 7) is 1.77. The number of amides is 1. The summed E-state index contributed by atoms with van der Waals surface area (Å²) in [5, 5.41) is 18.2. The third-order valence-electron chi connectivity index (χ3n) is 2.31. The van der Waals surface area contributed by atoms with Gasteiger partial charge in [-0.3, -0.25) is 9.89 Å². The van der Waals surface area contributed by atoms with Crippen LogP contribution in [0.3, 0.4) is 0 Å². The molecule has 1 heterocycles. The topological polar surface area (TPSA) is 94.5 Å². The highest BCUT2D eigenvalue weighted by Crippen LogP contribution is 2.20. The van der Waals surface area contributed by atoms with Crippen molar-refractivity contribution >= 4 is 23.4 Å². The maximum Gasteiger partial charge on any atom is 0.237 e. The number of benzene rings is 1. The molecule has 0 aliphatic rings. The number of H-pyrrole nitrogens is 1. The van der Waals surface area contributed by atoms with Crippen LogP contribution < -0.4 is 5.32 Å². The zero-order valence-electron chi connectivity index (χ0n) is 10.1. The summed E-state index contributed by atoms with van der Waals surface area (Å²) in [5.41, 5.74) is 1.11. The van der Waals surface area contributed by atoms with Crippen molar-refractivity contribution in [3.05, 3.63) is 36.2 Å². The number of carbonyl (C=O) groups excluding carboxylic acids is 1. The van der Waals surface area contributed by atoms with E-state index in [1.807, 2.05) is 6.07 Å². The van der Waals surface area contributed by atoms with Crippen LogP contribution in [0.15, 0.2) is 35.7 Å². The second-order valence-electron chi connectivity index (χ2n) is 3.73. The Morgan fingerprint density at radius 1 is 1.58 bits per heavy atom. The Morgan fingerprint density at radius 2 is 2.42 bits per heavy atom. The Bertz CT molecular complexity index is 605. The fourth-order valence-corrected chi connectivity index (χ4v) is 2.10. The normalized spacial score (nSPS) is 11.6. The molecular weight excluding hydrogens is 262 g/mol. The van der Waals surface area contributed by atoms with Crippen molar-refractivity contribution in [2.75, 3.05) is 5.32 Å². The predicted octanol–water partition coefficient (Wildman–Crippen LogP) is 1.80. The highest BCUT2D eigenvalue weighted by molar-refractivity contribution is 8.00. The van der Waals surface area contributed by atoms with Gasteiger partial charge < -0.3 is 5.32 Å². The summed E-state index contributed by atoms with van der Waals surface area (Å²) >= 11 is 1.28. The van der Waals surface area contributed by atoms with E-state index >= 15 is 0 Å². The van der Waals surface area contributed by atoms with Crippen LogP contribution in [0.25, 0.3) is 0 Å². The van der Waals surface area contributed by atoms with E-state index in [4.69, 9.17) is 5.26 Å². The molecule has 0 bridgehead atoms. The standard InChI is InChI=1S/C12H11N5OS/c1-8(19-12-14-7-15-17-12)11(18)16-10-4-2-3-9(5-10)6-13/h2-5,7-8H,1H3,(H,16,18)(H,14,15,17)/t8-/m1/s1. The van der Waals surface area contributed by atoms with Crippen molar-refractivity contribution in [3.63, 3.8) is 0 Å². The van der Waals surface area contributed by atoms with Crippen LogP contribution in [0.5, 0.6) is 0 Å². The van der Waals surface area contributed by atoms with Gasteiger partial charge in [0.1, 0.15) is 6.33 Å². The van der Waals surface area contributed by atoms with E-state index in [1.54, 1.807) is 31.2 Å². The van der Waals surface area contributed by atoms with E-state index in [1.165, 1.54) is 18.1 Å². The van der Waals surface area contributed by atoms with Crippen molar-refractivity contribution in [1.29, 1.82) is 5.26 Å². The molecule has 1 aromatic heterocycles. The molecule has 0 saturated heterocycles. The summed E-state index contributed by atoms with van der Waals surface area (Å²) in [6, 6.07) is 8.80. The third kappa shape index (κ3) is 3.56. The molecule has 2 N–H and O–H groups in total. The number of anilines is 1. The van der Waals surface area contributed by atoms with Crippen molar-refractivity contribution < 1.29 is 4.79 Å². The summed E-state index contributed by atoms with van der Waals surface area (Å²) in [6.07, 6.45) is 1.39. The minimum Gasteiger partial charge on any atom is -0.325 e. The minimum atomic E-state index is -0.321. The molecule has 2 aromatic rings. The summed E-state index contributed by atoms with van der Waals surface area (Å²) in [4.78, 5) is 15.9. The van der Waals surface area contributed by atoms with Crippen LogP contribution in [0.2, 0.25) is 0 Å². The molecule has 6 nitrogen and oxygen atoms in total. The van der Waals surface area contributed by atoms with Gasteiger partial charge in [0.05, 0.1) is 16.9 Å². The molecule has 2 rings (SSSR count). The molecule has 0 spiro atoms. The van der Waals surface area contributed by atoms with Gasteiger partial charge in [-0.2, -0.15) is 10.4 Å². The number of rotatable bonds is 4. The number of aromatic amines is 1. The van der Waals surface area contributed by atoms with Crippen LogP contribution >= 0.6 is 11.8 Å². The quantitative estimate of drug-likeness (QED) is 0.828. The largest absolute Gasteiger partial charge is 0.325 e. The zero-order chi connectivity index (χ0) is 13.7. The molecule has 0 saturated carbocycles. The lowest BCUT2D eigenvalue weighted by Gasteiger charge is -2.10. The molecule has 0 aliphatic carbocycles. The first kappa shape index (κ1) is 13.1. The van der Waals surface area contributed by atoms with Gasteiger partial charge in [0.15, 0.2) is 5.16 Å². The van der Waals surface area contributed by atoms with E-state index in [0.29, 0.717) is 16.4 Å². The van der Waals surface area contributed by atoms with Gasteiger partial charge in [-0.1, -0.05) is 17.8 Å². The predicted molar refractivity (Wildman–Crippen MR) is 71.5 cm³/mol. The third-order valence-corrected chi connectivity index (χ3v) is 3.30. The number of aromatic nitrogens is 3. The fourth-order valence-electron chi connectivity index (χ4n) is 1.38. The van der Waals surface area contributed by atoms with Crippen molar-refractivity contribution in [2.45, 2.75) is 17.3 Å². The van der Waals surface area contributed by atoms with E-state index in [9.17, 15) is 4.79 Å². The van der Waals surface area contributed by atoms with Gasteiger partial charge in [-0.25, -0.2) is 4.98 Å². The highest BCUT2D eigenvalue weighted by Gasteiger charge is 2.16. The number of hydrogen-bond acceptors (Lipinski definition) is 5. The molecular formula is C12H11N5OS. The Balaban J connectivity index is 1.98. The number of nitrogens with zero attached hydrogens (tertiary/aromatic N) is 3. The molecule has 1 amide bonds. The number of hydrogen-bond donors (Lipinski definition) is 2. The molecule has 19 heavy (non-hydrogen) atoms. The minimum absolute atomic E-state index is 0.156. The number of nitriles is 1. The van der Waals surface area contributed by atoms with Crippen LogP contribution in [-0.4, -0.2) is 26.3 Å². The van der Waals surface area contributed by atoms with Crippen LogP contribution in [0.4, 0.5) is 5.69 Å². The molecule has 7 heteroatoms. The summed E-state index contributed by atoms with van der Waals surface area (Å²) < 4.78 is 0. The molecule has 1 aromatic carbocycles. The molecule has 0 fully saturated rings. The van der Waals surface area contributed by atoms with E-state index in [2.05, 4.69) is 20.5 Å². The van der Waals surface area contributed by atoms with Gasteiger partial charge in [-0.15, -0.1) is 0 Å². The van der Waals surface area contributed by atoms with Gasteiger partial charge in [0, 0.05) is 5.69 Å². The number of nitrogens with one attached hydrogen (secondary N) is 2. The first-order valence-corrected chi connectivity index (χ1v) is 6.40. The second kappa shape index (κ2) is 6.02. The number of thioether (sulfide) groups is 1. The maximum atomic E-state index is 12.0. The monoisotopic (exact) mass is 273 g/mol. The van der Waals surface area contributed by atoms with E-state index < -0.39 is 0 Å². The first-order chi connectivity index (χ1) is 9.19. The fraction of sp³-hybridized carbons (Fsp3) is 0.167. The molecule has 96 valence electrons. The van der Waals surface area contributed by atoms with E-state index in [0.717, 1.165) is 0 Å². The van der Waals surface area contributed by atoms with Crippen LogP contribution in [0, 0.1) is 11.3 Å². The smallest absolute Gasteiger partial charge is 0.237 e. The van der Waals surface area contributed by atoms with Crippen molar-refractivity contribution in [3.8, 4) is 6.07 Å². The number of carbonyl (C=O) groups is 1. The summed E-state index contributed by atoms with van der Waals surface area (Å²) in [5.74, 6) is -0.156. The Morgan fingerprint density at radius 3 is 3.11 bits per heavy atom. The van der Waals surface area contributed by atoms with Gasteiger partial charge in [-0.05, 0) is 25.1 Å². The first-order valence-electron chi connectivity index (χ1n) is 5.52. The SMILES string of the molecule is C[C@@H](Sc1ncn[nH]1)C(=O)Nc1cccc(C#N)c1. The zero-order valence-corrected chi connectivity index (χ0v) is 10.9. The lowest BCUT2D eigenvalue weighted by molar-refractivity contribution is -0.115. The lowest BCUT2D eigenvalue weighted by Crippen LogP contribution is -2.22. The molecule has 0 unspecified atom stereocenters. The second-order valence-corrected chi connectivity index (χ2v) is 5.06. The van der Waals surface area contributed by atoms with Crippen LogP contribution in [0.1, 0.15) is 12.5 Å². The maximum absolute atomic E-state index is 12.0. The van der Waals surface area contributed by atoms with Crippen molar-refractivity contribution in [1.82, 2.24) is 15.2 Å². The van der Waals surface area contributed by atoms with Gasteiger partial charge in [0.2, 0.25) is 5.91 Å².